The van der Waals surface area contributed by atoms with Crippen LogP contribution in [-0.2, 0) is 6.42 Å². The van der Waals surface area contributed by atoms with Gasteiger partial charge in [0.25, 0.3) is 0 Å². The number of nitrogens with zero attached hydrogens (tertiary/aromatic N) is 3. The van der Waals surface area contributed by atoms with E-state index in [1.54, 1.807) is 12.4 Å². The third-order valence-corrected chi connectivity index (χ3v) is 3.97. The topological polar surface area (TPSA) is 77.8 Å². The summed E-state index contributed by atoms with van der Waals surface area (Å²) in [5.41, 5.74) is 6.98. The average molecular weight is 323 g/mol. The summed E-state index contributed by atoms with van der Waals surface area (Å²) >= 11 is 3.38. The van der Waals surface area contributed by atoms with Crippen molar-refractivity contribution in [2.24, 2.45) is 5.73 Å². The maximum Gasteiger partial charge on any atom is 0.228 e. The van der Waals surface area contributed by atoms with Crippen LogP contribution in [0.2, 0.25) is 0 Å². The van der Waals surface area contributed by atoms with Gasteiger partial charge in [0.05, 0.1) is 0 Å². The highest BCUT2D eigenvalue weighted by molar-refractivity contribution is 9.10. The molecule has 2 N–H and O–H groups in total. The van der Waals surface area contributed by atoms with Crippen molar-refractivity contribution >= 4 is 15.9 Å². The number of aromatic nitrogens is 3. The molecule has 0 radical (unpaired) electrons. The van der Waals surface area contributed by atoms with Crippen molar-refractivity contribution in [2.75, 3.05) is 0 Å². The highest BCUT2D eigenvalue weighted by Crippen LogP contribution is 2.30. The Kier molecular flexibility index (Phi) is 3.36. The largest absolute Gasteiger partial charge is 0.339 e. The minimum atomic E-state index is -0.167. The van der Waals surface area contributed by atoms with Gasteiger partial charge in [0.2, 0.25) is 11.7 Å². The van der Waals surface area contributed by atoms with Crippen LogP contribution in [0.5, 0.6) is 0 Å². The molecule has 19 heavy (non-hydrogen) atoms. The van der Waals surface area contributed by atoms with Crippen LogP contribution < -0.4 is 5.73 Å². The summed E-state index contributed by atoms with van der Waals surface area (Å²) < 4.78 is 6.19. The molecule has 0 saturated heterocycles. The number of hydrogen-bond acceptors (Lipinski definition) is 5. The first-order valence-corrected chi connectivity index (χ1v) is 7.16. The summed E-state index contributed by atoms with van der Waals surface area (Å²) in [6.07, 6.45) is 8.53. The van der Waals surface area contributed by atoms with E-state index in [9.17, 15) is 0 Å². The molecule has 1 saturated carbocycles. The monoisotopic (exact) mass is 322 g/mol. The Bertz CT molecular complexity index is 578. The number of pyridine rings is 1. The van der Waals surface area contributed by atoms with Crippen LogP contribution in [-0.4, -0.2) is 20.7 Å². The molecule has 2 aromatic heterocycles. The summed E-state index contributed by atoms with van der Waals surface area (Å²) in [5, 5.41) is 4.00. The van der Waals surface area contributed by atoms with Crippen molar-refractivity contribution in [3.05, 3.63) is 28.8 Å². The van der Waals surface area contributed by atoms with Crippen molar-refractivity contribution in [3.8, 4) is 11.4 Å². The van der Waals surface area contributed by atoms with Crippen LogP contribution in [0, 0.1) is 0 Å². The lowest BCUT2D eigenvalue weighted by atomic mass is 9.95. The van der Waals surface area contributed by atoms with Crippen LogP contribution >= 0.6 is 15.9 Å². The molecule has 100 valence electrons. The van der Waals surface area contributed by atoms with Crippen molar-refractivity contribution < 1.29 is 4.52 Å². The van der Waals surface area contributed by atoms with Crippen LogP contribution in [0.1, 0.15) is 31.6 Å². The fourth-order valence-corrected chi connectivity index (χ4v) is 2.90. The SMILES string of the molecule is NC1(Cc2nc(-c3cncc(Br)c3)no2)CCCC1. The first kappa shape index (κ1) is 12.7. The Morgan fingerprint density at radius 3 is 2.84 bits per heavy atom. The zero-order valence-corrected chi connectivity index (χ0v) is 12.1. The summed E-state index contributed by atoms with van der Waals surface area (Å²) in [6.45, 7) is 0. The van der Waals surface area contributed by atoms with Gasteiger partial charge in [-0.1, -0.05) is 18.0 Å². The Balaban J connectivity index is 1.79. The standard InChI is InChI=1S/C13H15BrN4O/c14-10-5-9(7-16-8-10)12-17-11(19-18-12)6-13(15)3-1-2-4-13/h5,7-8H,1-4,6,15H2. The van der Waals surface area contributed by atoms with Gasteiger partial charge in [-0.25, -0.2) is 0 Å². The van der Waals surface area contributed by atoms with Gasteiger partial charge < -0.3 is 10.3 Å². The molecule has 1 aliphatic rings. The van der Waals surface area contributed by atoms with Crippen molar-refractivity contribution in [1.82, 2.24) is 15.1 Å². The van der Waals surface area contributed by atoms with Gasteiger partial charge in [-0.2, -0.15) is 4.98 Å². The average Bonchev–Trinajstić information content (AvgIpc) is 2.99. The van der Waals surface area contributed by atoms with Crippen molar-refractivity contribution in [3.63, 3.8) is 0 Å². The molecular formula is C13H15BrN4O. The lowest BCUT2D eigenvalue weighted by Crippen LogP contribution is -2.38. The van der Waals surface area contributed by atoms with E-state index < -0.39 is 0 Å². The molecule has 0 bridgehead atoms. The van der Waals surface area contributed by atoms with E-state index in [4.69, 9.17) is 10.3 Å². The molecule has 0 spiro atoms. The maximum absolute atomic E-state index is 6.32. The van der Waals surface area contributed by atoms with E-state index in [1.165, 1.54) is 12.8 Å². The Labute approximate surface area is 119 Å². The molecule has 0 aliphatic heterocycles. The molecule has 3 rings (SSSR count). The van der Waals surface area contributed by atoms with Gasteiger partial charge >= 0.3 is 0 Å². The molecule has 0 atom stereocenters. The lowest BCUT2D eigenvalue weighted by Gasteiger charge is -2.20. The number of nitrogens with two attached hydrogens (primary N) is 1. The van der Waals surface area contributed by atoms with Gasteiger partial charge in [0.15, 0.2) is 0 Å². The molecule has 2 aromatic rings. The smallest absolute Gasteiger partial charge is 0.228 e. The fraction of sp³-hybridized carbons (Fsp3) is 0.462. The van der Waals surface area contributed by atoms with E-state index in [1.807, 2.05) is 6.07 Å². The minimum Gasteiger partial charge on any atom is -0.339 e. The molecule has 0 aromatic carbocycles. The lowest BCUT2D eigenvalue weighted by molar-refractivity contribution is 0.329. The van der Waals surface area contributed by atoms with Crippen LogP contribution in [0.3, 0.4) is 0 Å². The number of rotatable bonds is 3. The summed E-state index contributed by atoms with van der Waals surface area (Å²) in [4.78, 5) is 8.51. The molecule has 1 aliphatic carbocycles. The van der Waals surface area contributed by atoms with E-state index in [0.29, 0.717) is 18.1 Å². The maximum atomic E-state index is 6.32. The van der Waals surface area contributed by atoms with Crippen molar-refractivity contribution in [1.29, 1.82) is 0 Å². The van der Waals surface area contributed by atoms with Gasteiger partial charge in [0, 0.05) is 34.4 Å². The Hall–Kier alpha value is -1.27. The molecule has 0 amide bonds. The van der Waals surface area contributed by atoms with Gasteiger partial charge in [0.1, 0.15) is 0 Å². The summed E-state index contributed by atoms with van der Waals surface area (Å²) in [7, 11) is 0. The predicted octanol–water partition coefficient (Wildman–Crippen LogP) is 2.71. The van der Waals surface area contributed by atoms with Crippen molar-refractivity contribution in [2.45, 2.75) is 37.6 Å². The third kappa shape index (κ3) is 2.84. The second-order valence-corrected chi connectivity index (χ2v) is 6.07. The predicted molar refractivity (Wildman–Crippen MR) is 74.3 cm³/mol. The number of hydrogen-bond donors (Lipinski definition) is 1. The molecule has 1 fully saturated rings. The molecule has 5 nitrogen and oxygen atoms in total. The summed E-state index contributed by atoms with van der Waals surface area (Å²) in [5.74, 6) is 1.17. The molecule has 6 heteroatoms. The quantitative estimate of drug-likeness (QED) is 0.940. The van der Waals surface area contributed by atoms with E-state index >= 15 is 0 Å². The molecule has 2 heterocycles. The first-order valence-electron chi connectivity index (χ1n) is 6.37. The highest BCUT2D eigenvalue weighted by Gasteiger charge is 2.31. The van der Waals surface area contributed by atoms with Gasteiger partial charge in [-0.15, -0.1) is 0 Å². The third-order valence-electron chi connectivity index (χ3n) is 3.53. The summed E-state index contributed by atoms with van der Waals surface area (Å²) in [6, 6.07) is 1.91. The fourth-order valence-electron chi connectivity index (χ4n) is 2.54. The normalized spacial score (nSPS) is 17.8. The van der Waals surface area contributed by atoms with E-state index in [-0.39, 0.29) is 5.54 Å². The Morgan fingerprint density at radius 2 is 2.11 bits per heavy atom. The van der Waals surface area contributed by atoms with Crippen LogP contribution in [0.25, 0.3) is 11.4 Å². The van der Waals surface area contributed by atoms with E-state index in [0.717, 1.165) is 22.9 Å². The van der Waals surface area contributed by atoms with Crippen LogP contribution in [0.4, 0.5) is 0 Å². The van der Waals surface area contributed by atoms with Gasteiger partial charge in [-0.3, -0.25) is 4.98 Å². The van der Waals surface area contributed by atoms with Gasteiger partial charge in [-0.05, 0) is 34.8 Å². The minimum absolute atomic E-state index is 0.167. The second kappa shape index (κ2) is 5.02. The zero-order chi connectivity index (χ0) is 13.3. The molecular weight excluding hydrogens is 308 g/mol. The van der Waals surface area contributed by atoms with Crippen LogP contribution in [0.15, 0.2) is 27.5 Å². The molecule has 0 unspecified atom stereocenters. The zero-order valence-electron chi connectivity index (χ0n) is 10.5. The Morgan fingerprint density at radius 1 is 1.32 bits per heavy atom. The second-order valence-electron chi connectivity index (χ2n) is 5.15. The number of halogens is 1. The van der Waals surface area contributed by atoms with E-state index in [2.05, 4.69) is 31.1 Å². The highest BCUT2D eigenvalue weighted by atomic mass is 79.9. The first-order chi connectivity index (χ1) is 9.15.